The van der Waals surface area contributed by atoms with Gasteiger partial charge in [0.05, 0.1) is 17.1 Å². The van der Waals surface area contributed by atoms with E-state index in [-0.39, 0.29) is 11.4 Å². The highest BCUT2D eigenvalue weighted by Crippen LogP contribution is 2.46. The van der Waals surface area contributed by atoms with Gasteiger partial charge >= 0.3 is 0 Å². The van der Waals surface area contributed by atoms with E-state index in [2.05, 4.69) is 21.9 Å². The Labute approximate surface area is 161 Å². The molecule has 0 bridgehead atoms. The van der Waals surface area contributed by atoms with Gasteiger partial charge in [0, 0.05) is 31.7 Å². The van der Waals surface area contributed by atoms with Gasteiger partial charge in [0.2, 0.25) is 5.91 Å². The van der Waals surface area contributed by atoms with Crippen LogP contribution in [0.2, 0.25) is 0 Å². The fourth-order valence-electron chi connectivity index (χ4n) is 3.23. The Morgan fingerprint density at radius 1 is 1.37 bits per heavy atom. The maximum absolute atomic E-state index is 12.6. The maximum Gasteiger partial charge on any atom is 0.296 e. The van der Waals surface area contributed by atoms with Gasteiger partial charge in [-0.25, -0.2) is 5.14 Å². The van der Waals surface area contributed by atoms with Crippen molar-refractivity contribution in [3.05, 3.63) is 17.7 Å². The van der Waals surface area contributed by atoms with Gasteiger partial charge in [-0.2, -0.15) is 8.42 Å². The quantitative estimate of drug-likeness (QED) is 0.679. The lowest BCUT2D eigenvalue weighted by atomic mass is 9.93. The summed E-state index contributed by atoms with van der Waals surface area (Å²) in [6.07, 6.45) is 1.49. The fraction of sp³-hybridized carbons (Fsp3) is 0.611. The largest absolute Gasteiger partial charge is 0.385 e. The summed E-state index contributed by atoms with van der Waals surface area (Å²) < 4.78 is 30.5. The number of ether oxygens (including phenoxy) is 1. The van der Waals surface area contributed by atoms with Crippen LogP contribution in [0.1, 0.15) is 39.7 Å². The van der Waals surface area contributed by atoms with Crippen LogP contribution in [0.5, 0.6) is 0 Å². The molecule has 0 aliphatic carbocycles. The zero-order valence-corrected chi connectivity index (χ0v) is 17.7. The molecule has 1 aromatic carbocycles. The third-order valence-electron chi connectivity index (χ3n) is 4.94. The van der Waals surface area contributed by atoms with E-state index < -0.39 is 15.6 Å². The minimum absolute atomic E-state index is 0.156. The number of nitrogens with zero attached hydrogens (tertiary/aromatic N) is 1. The van der Waals surface area contributed by atoms with Crippen LogP contribution in [0.3, 0.4) is 0 Å². The van der Waals surface area contributed by atoms with E-state index in [1.807, 2.05) is 27.8 Å². The van der Waals surface area contributed by atoms with Crippen LogP contribution >= 0.6 is 0 Å². The molecule has 1 aromatic rings. The molecule has 1 aliphatic rings. The number of nitrogens with two attached hydrogens (primary N) is 1. The monoisotopic (exact) mass is 398 g/mol. The highest BCUT2D eigenvalue weighted by Gasteiger charge is 2.39. The maximum atomic E-state index is 12.6. The Bertz CT molecular complexity index is 832. The van der Waals surface area contributed by atoms with Crippen molar-refractivity contribution in [2.75, 3.05) is 35.7 Å². The summed E-state index contributed by atoms with van der Waals surface area (Å²) in [6.45, 7) is 8.18. The lowest BCUT2D eigenvalue weighted by Crippen LogP contribution is -2.42. The molecule has 0 aromatic heterocycles. The third-order valence-corrected chi connectivity index (χ3v) is 5.46. The second-order valence-corrected chi connectivity index (χ2v) is 9.65. The van der Waals surface area contributed by atoms with Gasteiger partial charge in [0.15, 0.2) is 0 Å². The second kappa shape index (κ2) is 7.29. The van der Waals surface area contributed by atoms with Crippen LogP contribution < -0.4 is 20.1 Å². The number of benzene rings is 1. The van der Waals surface area contributed by atoms with Gasteiger partial charge in [-0.3, -0.25) is 9.52 Å². The lowest BCUT2D eigenvalue weighted by Gasteiger charge is -2.35. The molecule has 1 atom stereocenters. The number of methoxy groups -OCH3 is 1. The fourth-order valence-corrected chi connectivity index (χ4v) is 3.68. The number of fused-ring (bicyclic) bond motifs is 1. The summed E-state index contributed by atoms with van der Waals surface area (Å²) in [4.78, 5) is 14.7. The summed E-state index contributed by atoms with van der Waals surface area (Å²) in [5.74, 6) is -0.156. The second-order valence-electron chi connectivity index (χ2n) is 8.36. The van der Waals surface area contributed by atoms with Crippen molar-refractivity contribution in [2.45, 2.75) is 46.1 Å². The van der Waals surface area contributed by atoms with Gasteiger partial charge in [-0.1, -0.05) is 20.8 Å². The van der Waals surface area contributed by atoms with Crippen LogP contribution in [-0.2, 0) is 26.2 Å². The number of carbonyl (C=O) groups is 1. The molecule has 0 fully saturated rings. The first-order valence-electron chi connectivity index (χ1n) is 8.78. The number of amides is 1. The first-order valence-corrected chi connectivity index (χ1v) is 10.3. The van der Waals surface area contributed by atoms with Gasteiger partial charge in [-0.15, -0.1) is 0 Å². The van der Waals surface area contributed by atoms with Crippen molar-refractivity contribution in [2.24, 2.45) is 10.6 Å². The van der Waals surface area contributed by atoms with Crippen LogP contribution in [0.25, 0.3) is 0 Å². The summed E-state index contributed by atoms with van der Waals surface area (Å²) >= 11 is 0. The molecule has 0 radical (unpaired) electrons. The third kappa shape index (κ3) is 4.91. The molecule has 2 rings (SSSR count). The Kier molecular flexibility index (Phi) is 5.79. The number of hydrogen-bond acceptors (Lipinski definition) is 5. The molecule has 152 valence electrons. The van der Waals surface area contributed by atoms with E-state index in [0.29, 0.717) is 24.4 Å². The zero-order valence-electron chi connectivity index (χ0n) is 16.8. The molecule has 9 heteroatoms. The van der Waals surface area contributed by atoms with E-state index in [4.69, 9.17) is 9.88 Å². The van der Waals surface area contributed by atoms with Gasteiger partial charge in [-0.05, 0) is 37.5 Å². The first kappa shape index (κ1) is 21.5. The molecule has 1 aliphatic heterocycles. The highest BCUT2D eigenvalue weighted by molar-refractivity contribution is 7.90. The molecule has 1 amide bonds. The van der Waals surface area contributed by atoms with Crippen LogP contribution in [-0.4, -0.2) is 40.6 Å². The summed E-state index contributed by atoms with van der Waals surface area (Å²) in [5.41, 5.74) is 1.90. The van der Waals surface area contributed by atoms with Crippen molar-refractivity contribution >= 4 is 33.2 Å². The SMILES string of the molecule is COCCC1(C)Cc2cc(NS(N)(=O)=O)cc(NC(=O)C(C)(C)C)c2N1C. The molecule has 1 heterocycles. The van der Waals surface area contributed by atoms with Crippen molar-refractivity contribution in [1.29, 1.82) is 0 Å². The molecular weight excluding hydrogens is 368 g/mol. The number of hydrogen-bond donors (Lipinski definition) is 3. The number of nitrogens with one attached hydrogen (secondary N) is 2. The average molecular weight is 399 g/mol. The minimum Gasteiger partial charge on any atom is -0.385 e. The average Bonchev–Trinajstić information content (AvgIpc) is 2.74. The van der Waals surface area contributed by atoms with E-state index in [0.717, 1.165) is 17.7 Å². The van der Waals surface area contributed by atoms with Crippen LogP contribution in [0.15, 0.2) is 12.1 Å². The van der Waals surface area contributed by atoms with Gasteiger partial charge in [0.1, 0.15) is 0 Å². The first-order chi connectivity index (χ1) is 12.3. The zero-order chi connectivity index (χ0) is 20.6. The van der Waals surface area contributed by atoms with Crippen molar-refractivity contribution in [3.8, 4) is 0 Å². The molecule has 0 saturated carbocycles. The van der Waals surface area contributed by atoms with E-state index in [9.17, 15) is 13.2 Å². The molecule has 4 N–H and O–H groups in total. The van der Waals surface area contributed by atoms with Gasteiger partial charge in [0.25, 0.3) is 10.2 Å². The topological polar surface area (TPSA) is 114 Å². The van der Waals surface area contributed by atoms with Crippen molar-refractivity contribution < 1.29 is 17.9 Å². The molecule has 27 heavy (non-hydrogen) atoms. The Morgan fingerprint density at radius 2 is 2.00 bits per heavy atom. The molecule has 0 saturated heterocycles. The van der Waals surface area contributed by atoms with Crippen molar-refractivity contribution in [1.82, 2.24) is 0 Å². The summed E-state index contributed by atoms with van der Waals surface area (Å²) in [6, 6.07) is 3.37. The normalized spacial score (nSPS) is 19.7. The highest BCUT2D eigenvalue weighted by atomic mass is 32.2. The van der Waals surface area contributed by atoms with E-state index in [1.165, 1.54) is 0 Å². The molecule has 0 spiro atoms. The molecule has 8 nitrogen and oxygen atoms in total. The smallest absolute Gasteiger partial charge is 0.296 e. The van der Waals surface area contributed by atoms with Crippen LogP contribution in [0, 0.1) is 5.41 Å². The summed E-state index contributed by atoms with van der Waals surface area (Å²) in [5, 5.41) is 8.07. The Morgan fingerprint density at radius 3 is 2.52 bits per heavy atom. The minimum atomic E-state index is -3.92. The number of likely N-dealkylation sites (N-methyl/N-ethyl adjacent to an activating group) is 1. The molecular formula is C18H30N4O4S. The standard InChI is InChI=1S/C18H30N4O4S/c1-17(2,3)16(23)20-14-10-13(21-27(19,24)25)9-12-11-18(4,7-8-26-6)22(5)15(12)14/h9-10,21H,7-8,11H2,1-6H3,(H,20,23)(H2,19,24,25). The Balaban J connectivity index is 2.51. The predicted molar refractivity (Wildman–Crippen MR) is 108 cm³/mol. The summed E-state index contributed by atoms with van der Waals surface area (Å²) in [7, 11) is -0.286. The van der Waals surface area contributed by atoms with Gasteiger partial charge < -0.3 is 15.0 Å². The molecule has 1 unspecified atom stereocenters. The number of anilines is 3. The van der Waals surface area contributed by atoms with E-state index >= 15 is 0 Å². The number of rotatable bonds is 6. The predicted octanol–water partition coefficient (Wildman–Crippen LogP) is 2.07. The number of carbonyl (C=O) groups excluding carboxylic acids is 1. The van der Waals surface area contributed by atoms with Crippen molar-refractivity contribution in [3.63, 3.8) is 0 Å². The Hall–Kier alpha value is -1.84. The lowest BCUT2D eigenvalue weighted by molar-refractivity contribution is -0.123. The van der Waals surface area contributed by atoms with E-state index in [1.54, 1.807) is 19.2 Å². The van der Waals surface area contributed by atoms with Crippen LogP contribution in [0.4, 0.5) is 17.1 Å².